The zero-order valence-corrected chi connectivity index (χ0v) is 22.1. The van der Waals surface area contributed by atoms with Crippen molar-refractivity contribution in [3.8, 4) is 11.5 Å². The number of ether oxygens (including phenoxy) is 2. The minimum Gasteiger partial charge on any atom is -0.492 e. The van der Waals surface area contributed by atoms with Gasteiger partial charge in [0, 0.05) is 17.1 Å². The first-order valence-corrected chi connectivity index (χ1v) is 13.2. The molecule has 1 amide bonds. The molecule has 2 fully saturated rings. The number of amides is 1. The summed E-state index contributed by atoms with van der Waals surface area (Å²) in [5.74, 6) is 0.537. The highest BCUT2D eigenvalue weighted by Gasteiger charge is 2.23. The molecule has 0 spiro atoms. The van der Waals surface area contributed by atoms with Gasteiger partial charge in [-0.25, -0.2) is 14.4 Å². The number of carbonyl (C=O) groups excluding carboxylic acids is 1. The van der Waals surface area contributed by atoms with Crippen molar-refractivity contribution in [1.82, 2.24) is 14.9 Å². The number of hydrogen-bond acceptors (Lipinski definition) is 7. The fourth-order valence-corrected chi connectivity index (χ4v) is 4.59. The highest BCUT2D eigenvalue weighted by atomic mass is 35.5. The van der Waals surface area contributed by atoms with Gasteiger partial charge in [0.2, 0.25) is 0 Å². The van der Waals surface area contributed by atoms with Crippen LogP contribution >= 0.6 is 11.6 Å². The Bertz CT molecular complexity index is 1340. The van der Waals surface area contributed by atoms with Crippen LogP contribution in [0.15, 0.2) is 49.1 Å². The maximum Gasteiger partial charge on any atom is 0.283 e. The number of aromatic nitrogens is 2. The van der Waals surface area contributed by atoms with Gasteiger partial charge in [-0.2, -0.15) is 0 Å². The Hall–Kier alpha value is -3.43. The van der Waals surface area contributed by atoms with Gasteiger partial charge in [0.1, 0.15) is 23.6 Å². The van der Waals surface area contributed by atoms with Crippen LogP contribution in [0, 0.1) is 11.8 Å². The molecule has 2 aliphatic rings. The lowest BCUT2D eigenvalue weighted by atomic mass is 9.98. The molecular formula is C28H31ClFN5O3. The van der Waals surface area contributed by atoms with Gasteiger partial charge in [-0.15, -0.1) is 0 Å². The molecule has 3 aromatic rings. The SMILES string of the molecule is C=C(F)C(=O)Nc1cc2c(Nc3ccc(OCC4CC4)c(Cl)c3)ncnc2cc1OCC1CCN(C)CC1. The summed E-state index contributed by atoms with van der Waals surface area (Å²) in [6.45, 7) is 6.28. The molecule has 1 aliphatic carbocycles. The summed E-state index contributed by atoms with van der Waals surface area (Å²) in [6, 6.07) is 8.86. The number of halogens is 2. The van der Waals surface area contributed by atoms with Crippen molar-refractivity contribution < 1.29 is 18.7 Å². The van der Waals surface area contributed by atoms with Crippen LogP contribution in [0.25, 0.3) is 10.9 Å². The Labute approximate surface area is 226 Å². The number of likely N-dealkylation sites (tertiary alicyclic amines) is 1. The summed E-state index contributed by atoms with van der Waals surface area (Å²) >= 11 is 6.45. The van der Waals surface area contributed by atoms with Crippen LogP contribution in [0.2, 0.25) is 5.02 Å². The summed E-state index contributed by atoms with van der Waals surface area (Å²) < 4.78 is 25.5. The average Bonchev–Trinajstić information content (AvgIpc) is 3.73. The monoisotopic (exact) mass is 539 g/mol. The minimum atomic E-state index is -1.09. The average molecular weight is 540 g/mol. The van der Waals surface area contributed by atoms with Gasteiger partial charge < -0.3 is 25.0 Å². The molecule has 10 heteroatoms. The van der Waals surface area contributed by atoms with Crippen molar-refractivity contribution in [2.24, 2.45) is 11.8 Å². The Morgan fingerprint density at radius 3 is 2.47 bits per heavy atom. The summed E-state index contributed by atoms with van der Waals surface area (Å²) in [4.78, 5) is 23.2. The number of hydrogen-bond donors (Lipinski definition) is 2. The smallest absolute Gasteiger partial charge is 0.283 e. The zero-order chi connectivity index (χ0) is 26.6. The maximum atomic E-state index is 13.6. The molecule has 1 aromatic heterocycles. The first-order valence-electron chi connectivity index (χ1n) is 12.8. The lowest BCUT2D eigenvalue weighted by Crippen LogP contribution is -2.32. The van der Waals surface area contributed by atoms with E-state index in [0.717, 1.165) is 25.9 Å². The summed E-state index contributed by atoms with van der Waals surface area (Å²) in [5.41, 5.74) is 1.63. The molecule has 0 atom stereocenters. The van der Waals surface area contributed by atoms with E-state index in [1.54, 1.807) is 18.2 Å². The fraction of sp³-hybridized carbons (Fsp3) is 0.393. The summed E-state index contributed by atoms with van der Waals surface area (Å²) in [5, 5.41) is 6.94. The van der Waals surface area contributed by atoms with Crippen LogP contribution in [-0.2, 0) is 4.79 Å². The second-order valence-electron chi connectivity index (χ2n) is 10.0. The van der Waals surface area contributed by atoms with E-state index in [1.807, 2.05) is 12.1 Å². The van der Waals surface area contributed by atoms with Crippen LogP contribution in [-0.4, -0.2) is 54.1 Å². The van der Waals surface area contributed by atoms with Gasteiger partial charge in [0.15, 0.2) is 5.83 Å². The molecule has 0 bridgehead atoms. The van der Waals surface area contributed by atoms with Crippen molar-refractivity contribution in [2.75, 3.05) is 44.0 Å². The number of rotatable bonds is 10. The lowest BCUT2D eigenvalue weighted by Gasteiger charge is -2.29. The van der Waals surface area contributed by atoms with Gasteiger partial charge >= 0.3 is 0 Å². The summed E-state index contributed by atoms with van der Waals surface area (Å²) in [6.07, 6.45) is 5.89. The predicted molar refractivity (Wildman–Crippen MR) is 147 cm³/mol. The van der Waals surface area contributed by atoms with Gasteiger partial charge in [-0.3, -0.25) is 4.79 Å². The van der Waals surface area contributed by atoms with Crippen molar-refractivity contribution in [3.63, 3.8) is 0 Å². The van der Waals surface area contributed by atoms with Crippen LogP contribution < -0.4 is 20.1 Å². The number of carbonyl (C=O) groups is 1. The molecule has 8 nitrogen and oxygen atoms in total. The predicted octanol–water partition coefficient (Wildman–Crippen LogP) is 5.96. The zero-order valence-electron chi connectivity index (χ0n) is 21.3. The van der Waals surface area contributed by atoms with Crippen molar-refractivity contribution in [3.05, 3.63) is 54.1 Å². The summed E-state index contributed by atoms with van der Waals surface area (Å²) in [7, 11) is 2.11. The van der Waals surface area contributed by atoms with Crippen molar-refractivity contribution in [1.29, 1.82) is 0 Å². The molecule has 2 heterocycles. The topological polar surface area (TPSA) is 88.6 Å². The molecule has 1 saturated carbocycles. The lowest BCUT2D eigenvalue weighted by molar-refractivity contribution is -0.114. The molecule has 1 aliphatic heterocycles. The van der Waals surface area contributed by atoms with Crippen LogP contribution in [0.3, 0.4) is 0 Å². The molecule has 0 unspecified atom stereocenters. The number of piperidine rings is 1. The molecule has 1 saturated heterocycles. The van der Waals surface area contributed by atoms with Gasteiger partial charge in [0.05, 0.1) is 29.4 Å². The third kappa shape index (κ3) is 6.52. The van der Waals surface area contributed by atoms with E-state index >= 15 is 0 Å². The Morgan fingerprint density at radius 1 is 1.08 bits per heavy atom. The second kappa shape index (κ2) is 11.5. The van der Waals surface area contributed by atoms with Crippen molar-refractivity contribution in [2.45, 2.75) is 25.7 Å². The highest BCUT2D eigenvalue weighted by molar-refractivity contribution is 6.32. The largest absolute Gasteiger partial charge is 0.492 e. The molecule has 38 heavy (non-hydrogen) atoms. The number of benzene rings is 2. The van der Waals surface area contributed by atoms with E-state index in [9.17, 15) is 9.18 Å². The molecular weight excluding hydrogens is 509 g/mol. The Morgan fingerprint density at radius 2 is 1.79 bits per heavy atom. The number of nitrogens with one attached hydrogen (secondary N) is 2. The first kappa shape index (κ1) is 26.2. The van der Waals surface area contributed by atoms with E-state index in [1.165, 1.54) is 19.2 Å². The fourth-order valence-electron chi connectivity index (χ4n) is 4.35. The second-order valence-corrected chi connectivity index (χ2v) is 10.4. The molecule has 0 radical (unpaired) electrons. The molecule has 2 aromatic carbocycles. The molecule has 2 N–H and O–H groups in total. The maximum absolute atomic E-state index is 13.6. The van der Waals surface area contributed by atoms with Gasteiger partial charge in [-0.05, 0) is 81.9 Å². The van der Waals surface area contributed by atoms with Crippen LogP contribution in [0.4, 0.5) is 21.6 Å². The first-order chi connectivity index (χ1) is 18.4. The Balaban J connectivity index is 1.39. The highest BCUT2D eigenvalue weighted by Crippen LogP contribution is 2.36. The standard InChI is InChI=1S/C28H31ClFN5O3/c1-17(30)28(36)34-24-12-21-23(13-26(24)38-15-19-7-9-35(2)10-8-19)31-16-32-27(21)33-20-5-6-25(22(29)11-20)37-14-18-3-4-18/h5-6,11-13,16,18-19H,1,3-4,7-10,14-15H2,2H3,(H,34,36)(H,31,32,33). The van der Waals surface area contributed by atoms with Crippen LogP contribution in [0.5, 0.6) is 11.5 Å². The van der Waals surface area contributed by atoms with Gasteiger partial charge in [0.25, 0.3) is 5.91 Å². The Kier molecular flexibility index (Phi) is 7.95. The minimum absolute atomic E-state index is 0.314. The van der Waals surface area contributed by atoms with E-state index in [4.69, 9.17) is 21.1 Å². The molecule has 200 valence electrons. The normalized spacial score (nSPS) is 16.3. The number of nitrogens with zero attached hydrogens (tertiary/aromatic N) is 3. The van der Waals surface area contributed by atoms with E-state index in [0.29, 0.717) is 69.7 Å². The third-order valence-corrected chi connectivity index (χ3v) is 7.21. The quantitative estimate of drug-likeness (QED) is 0.307. The number of anilines is 3. The number of fused-ring (bicyclic) bond motifs is 1. The van der Waals surface area contributed by atoms with E-state index in [2.05, 4.69) is 39.1 Å². The van der Waals surface area contributed by atoms with Crippen LogP contribution in [0.1, 0.15) is 25.7 Å². The third-order valence-electron chi connectivity index (χ3n) is 6.91. The van der Waals surface area contributed by atoms with Gasteiger partial charge in [-0.1, -0.05) is 18.2 Å². The van der Waals surface area contributed by atoms with Crippen molar-refractivity contribution >= 4 is 45.6 Å². The van der Waals surface area contributed by atoms with E-state index in [-0.39, 0.29) is 0 Å². The molecule has 5 rings (SSSR count). The van der Waals surface area contributed by atoms with E-state index < -0.39 is 11.7 Å².